The third-order valence-corrected chi connectivity index (χ3v) is 11.3. The molecule has 0 aromatic carbocycles. The van der Waals surface area contributed by atoms with E-state index in [1.54, 1.807) is 24.3 Å². The Balaban J connectivity index is 2.66. The minimum Gasteiger partial charge on any atom is -0.461 e. The molecule has 1 aliphatic carbocycles. The summed E-state index contributed by atoms with van der Waals surface area (Å²) in [6.07, 6.45) is 34.4. The van der Waals surface area contributed by atoms with E-state index in [4.69, 9.17) is 23.8 Å². The molecule has 0 heterocycles. The van der Waals surface area contributed by atoms with E-state index in [0.29, 0.717) is 25.7 Å². The number of aliphatic hydroxyl groups is 4. The van der Waals surface area contributed by atoms with Gasteiger partial charge < -0.3 is 44.6 Å². The predicted molar refractivity (Wildman–Crippen MR) is 245 cm³/mol. The first kappa shape index (κ1) is 59.2. The number of carbonyl (C=O) groups excluding carboxylic acids is 2. The van der Waals surface area contributed by atoms with Crippen molar-refractivity contribution >= 4 is 27.6 Å². The van der Waals surface area contributed by atoms with E-state index in [1.165, 1.54) is 25.3 Å². The van der Waals surface area contributed by atoms with Crippen molar-refractivity contribution in [2.24, 2.45) is 11.8 Å². The Kier molecular flexibility index (Phi) is 33.6. The van der Waals surface area contributed by atoms with Crippen LogP contribution in [0.5, 0.6) is 0 Å². The normalized spacial score (nSPS) is 21.1. The maximum atomic E-state index is 12.7. The predicted octanol–water partition coefficient (Wildman–Crippen LogP) is 7.94. The van der Waals surface area contributed by atoms with Gasteiger partial charge in [-0.05, 0) is 63.7 Å². The first-order valence-electron chi connectivity index (χ1n) is 22.5. The fourth-order valence-corrected chi connectivity index (χ4v) is 7.52. The van der Waals surface area contributed by atoms with Gasteiger partial charge >= 0.3 is 27.6 Å². The average Bonchev–Trinajstić information content (AvgIpc) is 3.52. The van der Waals surface area contributed by atoms with Crippen LogP contribution in [0.15, 0.2) is 85.1 Å². The van der Waals surface area contributed by atoms with Crippen LogP contribution in [0.25, 0.3) is 0 Å². The molecule has 366 valence electrons. The summed E-state index contributed by atoms with van der Waals surface area (Å²) in [5.74, 6) is -2.16. The number of unbranched alkanes of at least 4 members (excludes halogenated alkanes) is 5. The van der Waals surface area contributed by atoms with Crippen LogP contribution < -0.4 is 0 Å². The summed E-state index contributed by atoms with van der Waals surface area (Å²) in [5, 5.41) is 41.1. The number of carbonyl (C=O) groups is 2. The van der Waals surface area contributed by atoms with Crippen molar-refractivity contribution in [3.63, 3.8) is 0 Å². The minimum atomic E-state index is -4.91. The van der Waals surface area contributed by atoms with Crippen LogP contribution in [-0.2, 0) is 41.8 Å². The van der Waals surface area contributed by atoms with Gasteiger partial charge in [0.25, 0.3) is 0 Å². The molecule has 64 heavy (non-hydrogen) atoms. The van der Waals surface area contributed by atoms with E-state index >= 15 is 0 Å². The molecule has 18 heteroatoms. The first-order chi connectivity index (χ1) is 30.6. The Labute approximate surface area is 380 Å². The van der Waals surface area contributed by atoms with E-state index in [-0.39, 0.29) is 31.1 Å². The van der Waals surface area contributed by atoms with Crippen molar-refractivity contribution in [2.45, 2.75) is 154 Å². The molecule has 1 unspecified atom stereocenters. The molecule has 8 atom stereocenters. The second-order valence-corrected chi connectivity index (χ2v) is 18.3. The van der Waals surface area contributed by atoms with E-state index in [9.17, 15) is 44.0 Å². The number of aliphatic hydroxyl groups excluding tert-OH is 4. The van der Waals surface area contributed by atoms with Crippen LogP contribution in [-0.4, -0.2) is 104 Å². The van der Waals surface area contributed by atoms with Gasteiger partial charge in [0.05, 0.1) is 44.6 Å². The van der Waals surface area contributed by atoms with E-state index in [2.05, 4.69) is 59.4 Å². The topological polar surface area (TPSA) is 256 Å². The quantitative estimate of drug-likeness (QED) is 0.0135. The summed E-state index contributed by atoms with van der Waals surface area (Å²) < 4.78 is 47.7. The molecule has 0 aliphatic heterocycles. The summed E-state index contributed by atoms with van der Waals surface area (Å²) in [7, 11) is -9.83. The molecular weight excluding hydrogens is 870 g/mol. The van der Waals surface area contributed by atoms with Crippen LogP contribution in [0.1, 0.15) is 123 Å². The van der Waals surface area contributed by atoms with E-state index < -0.39 is 84.5 Å². The van der Waals surface area contributed by atoms with Crippen LogP contribution in [0, 0.1) is 11.8 Å². The van der Waals surface area contributed by atoms with Gasteiger partial charge in [-0.2, -0.15) is 0 Å². The van der Waals surface area contributed by atoms with Crippen molar-refractivity contribution in [3.8, 4) is 0 Å². The number of allylic oxidation sites excluding steroid dienone is 11. The molecule has 0 radical (unpaired) electrons. The SMILES string of the molecule is CCCCC/C=C\C/C=C\C/C=C\C/C=C\C/C=C\CCC(=O)O[C@H](COC(=O)C/C=C\C[C@H]1[C@@H](/C=C/[C@H](O)CCCCC)[C@H](O)C[C@@H]1O)COP(=O)(O)OC[C@@H](O)COP(=O)(O)O. The van der Waals surface area contributed by atoms with Gasteiger partial charge in [0, 0.05) is 18.8 Å². The molecule has 0 spiro atoms. The van der Waals surface area contributed by atoms with Crippen molar-refractivity contribution in [1.82, 2.24) is 0 Å². The number of ether oxygens (including phenoxy) is 2. The lowest BCUT2D eigenvalue weighted by molar-refractivity contribution is -0.160. The van der Waals surface area contributed by atoms with Gasteiger partial charge in [0.15, 0.2) is 6.10 Å². The summed E-state index contributed by atoms with van der Waals surface area (Å²) in [6, 6.07) is 0. The summed E-state index contributed by atoms with van der Waals surface area (Å²) in [5.41, 5.74) is 0. The molecule has 16 nitrogen and oxygen atoms in total. The highest BCUT2D eigenvalue weighted by Gasteiger charge is 2.39. The third-order valence-electron chi connectivity index (χ3n) is 9.86. The van der Waals surface area contributed by atoms with Gasteiger partial charge in [0.1, 0.15) is 12.7 Å². The molecule has 7 N–H and O–H groups in total. The van der Waals surface area contributed by atoms with Gasteiger partial charge in [-0.3, -0.25) is 23.2 Å². The average molecular weight is 947 g/mol. The maximum Gasteiger partial charge on any atom is 0.472 e. The largest absolute Gasteiger partial charge is 0.472 e. The highest BCUT2D eigenvalue weighted by atomic mass is 31.2. The molecule has 0 amide bonds. The van der Waals surface area contributed by atoms with Gasteiger partial charge in [-0.25, -0.2) is 9.13 Å². The lowest BCUT2D eigenvalue weighted by Gasteiger charge is -2.20. The molecule has 1 rings (SSSR count). The highest BCUT2D eigenvalue weighted by molar-refractivity contribution is 7.47. The Hall–Kier alpha value is -2.82. The fraction of sp³-hybridized carbons (Fsp3) is 0.652. The minimum absolute atomic E-state index is 0.0624. The Bertz CT molecular complexity index is 1570. The van der Waals surface area contributed by atoms with Gasteiger partial charge in [-0.1, -0.05) is 131 Å². The van der Waals surface area contributed by atoms with Gasteiger partial charge in [-0.15, -0.1) is 0 Å². The molecule has 0 saturated heterocycles. The smallest absolute Gasteiger partial charge is 0.461 e. The number of phosphoric acid groups is 2. The number of rotatable bonds is 37. The zero-order chi connectivity index (χ0) is 47.5. The standard InChI is InChI=1S/C46H76O16P2/c1-3-5-7-8-9-10-11-12-13-14-15-16-17-18-19-20-21-22-24-30-46(52)62-40(37-61-64(56,57)60-35-39(48)34-59-63(53,54)55)36-58-45(51)29-26-25-28-41-42(44(50)33-43(41)49)32-31-38(47)27-23-6-4-2/h9-10,12-13,15-16,18-19,21-22,25-26,31-32,38-44,47-50H,3-8,11,14,17,20,23-24,27-30,33-37H2,1-2H3,(H,56,57)(H2,53,54,55)/b10-9-,13-12-,16-15-,19-18-,22-21-,26-25-,32-31+/t38-,39+,40-,41+,42-,43+,44-/m1/s1. The second-order valence-electron chi connectivity index (χ2n) is 15.6. The lowest BCUT2D eigenvalue weighted by Crippen LogP contribution is -2.29. The second kappa shape index (κ2) is 36.3. The van der Waals surface area contributed by atoms with Crippen molar-refractivity contribution < 1.29 is 76.9 Å². The van der Waals surface area contributed by atoms with Gasteiger partial charge in [0.2, 0.25) is 0 Å². The summed E-state index contributed by atoms with van der Waals surface area (Å²) in [6.45, 7) is 1.15. The lowest BCUT2D eigenvalue weighted by atomic mass is 9.89. The summed E-state index contributed by atoms with van der Waals surface area (Å²) in [4.78, 5) is 53.0. The van der Waals surface area contributed by atoms with Crippen molar-refractivity contribution in [2.75, 3.05) is 26.4 Å². The monoisotopic (exact) mass is 946 g/mol. The van der Waals surface area contributed by atoms with Crippen molar-refractivity contribution in [3.05, 3.63) is 85.1 Å². The Morgan fingerprint density at radius 3 is 1.83 bits per heavy atom. The third kappa shape index (κ3) is 32.8. The molecule has 0 aromatic heterocycles. The summed E-state index contributed by atoms with van der Waals surface area (Å²) >= 11 is 0. The molecule has 1 fully saturated rings. The number of esters is 2. The Morgan fingerprint density at radius 2 is 1.22 bits per heavy atom. The zero-order valence-corrected chi connectivity index (χ0v) is 39.5. The van der Waals surface area contributed by atoms with Crippen LogP contribution in [0.2, 0.25) is 0 Å². The van der Waals surface area contributed by atoms with E-state index in [0.717, 1.165) is 44.9 Å². The van der Waals surface area contributed by atoms with E-state index in [1.807, 2.05) is 18.2 Å². The van der Waals surface area contributed by atoms with Crippen LogP contribution >= 0.6 is 15.6 Å². The fourth-order valence-electron chi connectivity index (χ4n) is 6.36. The number of phosphoric ester groups is 2. The highest BCUT2D eigenvalue weighted by Crippen LogP contribution is 2.44. The zero-order valence-electron chi connectivity index (χ0n) is 37.7. The Morgan fingerprint density at radius 1 is 0.656 bits per heavy atom. The first-order valence-corrected chi connectivity index (χ1v) is 25.6. The molecule has 1 aliphatic rings. The van der Waals surface area contributed by atoms with Crippen molar-refractivity contribution in [1.29, 1.82) is 0 Å². The van der Waals surface area contributed by atoms with Crippen LogP contribution in [0.4, 0.5) is 0 Å². The molecule has 1 saturated carbocycles. The molecular formula is C46H76O16P2. The molecule has 0 bridgehead atoms. The number of hydrogen-bond donors (Lipinski definition) is 7. The molecule has 0 aromatic rings. The van der Waals surface area contributed by atoms with Crippen LogP contribution in [0.3, 0.4) is 0 Å². The number of hydrogen-bond acceptors (Lipinski definition) is 13. The maximum absolute atomic E-state index is 12.7.